The van der Waals surface area contributed by atoms with E-state index in [1.54, 1.807) is 16.2 Å². The summed E-state index contributed by atoms with van der Waals surface area (Å²) >= 11 is 1.79. The second-order valence-corrected chi connectivity index (χ2v) is 9.00. The first-order valence-corrected chi connectivity index (χ1v) is 11.5. The summed E-state index contributed by atoms with van der Waals surface area (Å²) in [6.07, 6.45) is 2.28. The second-order valence-electron chi connectivity index (χ2n) is 8.02. The lowest BCUT2D eigenvalue weighted by molar-refractivity contribution is 0.0301. The number of hydrogen-bond donors (Lipinski definition) is 1. The number of aromatic hydroxyl groups is 1. The zero-order valence-corrected chi connectivity index (χ0v) is 17.7. The van der Waals surface area contributed by atoms with Gasteiger partial charge in [0.1, 0.15) is 5.75 Å². The Morgan fingerprint density at radius 1 is 1.13 bits per heavy atom. The fourth-order valence-electron chi connectivity index (χ4n) is 4.69. The highest BCUT2D eigenvalue weighted by molar-refractivity contribution is 7.10. The van der Waals surface area contributed by atoms with Crippen molar-refractivity contribution in [2.75, 3.05) is 32.8 Å². The van der Waals surface area contributed by atoms with E-state index in [0.717, 1.165) is 35.7 Å². The summed E-state index contributed by atoms with van der Waals surface area (Å²) in [6.45, 7) is 3.85. The number of phenolic OH excluding ortho intramolecular Hbond substituents is 1. The van der Waals surface area contributed by atoms with Crippen LogP contribution in [0.3, 0.4) is 0 Å². The van der Waals surface area contributed by atoms with Crippen LogP contribution >= 0.6 is 11.3 Å². The molecule has 156 valence electrons. The standard InChI is InChI=1S/C24H26N2O3S/c27-23-19(24(28)25-10-12-29-13-11-25)15-17-5-1-2-6-18(17)20(23)16-26-9-3-7-21(26)22-8-4-14-30-22/h1-2,4-6,8,14-15,21,27H,3,7,9-13,16H2/t21-/m1/s1. The zero-order valence-electron chi connectivity index (χ0n) is 16.9. The molecule has 1 N–H and O–H groups in total. The SMILES string of the molecule is O=C(c1cc2ccccc2c(CN2CCC[C@@H]2c2cccs2)c1O)N1CCOCC1. The monoisotopic (exact) mass is 422 g/mol. The number of morpholine rings is 1. The molecule has 5 rings (SSSR count). The Kier molecular flexibility index (Phi) is 5.46. The van der Waals surface area contributed by atoms with Crippen LogP contribution in [-0.4, -0.2) is 53.7 Å². The minimum absolute atomic E-state index is 0.112. The fourth-order valence-corrected chi connectivity index (χ4v) is 5.59. The van der Waals surface area contributed by atoms with Crippen LogP contribution < -0.4 is 0 Å². The molecule has 30 heavy (non-hydrogen) atoms. The number of fused-ring (bicyclic) bond motifs is 1. The Morgan fingerprint density at radius 3 is 2.77 bits per heavy atom. The number of phenols is 1. The molecule has 1 aromatic heterocycles. The van der Waals surface area contributed by atoms with Crippen molar-refractivity contribution in [1.29, 1.82) is 0 Å². The molecule has 2 fully saturated rings. The van der Waals surface area contributed by atoms with Gasteiger partial charge in [0, 0.05) is 36.1 Å². The summed E-state index contributed by atoms with van der Waals surface area (Å²) in [6, 6.07) is 14.6. The minimum Gasteiger partial charge on any atom is -0.507 e. The Morgan fingerprint density at radius 2 is 1.97 bits per heavy atom. The molecular weight excluding hydrogens is 396 g/mol. The third-order valence-corrected chi connectivity index (χ3v) is 7.23. The van der Waals surface area contributed by atoms with E-state index in [0.29, 0.717) is 44.5 Å². The van der Waals surface area contributed by atoms with Gasteiger partial charge in [0.25, 0.3) is 5.91 Å². The molecule has 0 unspecified atom stereocenters. The Hall–Kier alpha value is -2.41. The van der Waals surface area contributed by atoms with Crippen molar-refractivity contribution in [2.45, 2.75) is 25.4 Å². The van der Waals surface area contributed by atoms with Gasteiger partial charge in [0.2, 0.25) is 0 Å². The molecule has 5 nitrogen and oxygen atoms in total. The van der Waals surface area contributed by atoms with Gasteiger partial charge in [0.15, 0.2) is 0 Å². The summed E-state index contributed by atoms with van der Waals surface area (Å²) in [5.41, 5.74) is 1.26. The number of rotatable bonds is 4. The summed E-state index contributed by atoms with van der Waals surface area (Å²) in [5.74, 6) is 0.0149. The summed E-state index contributed by atoms with van der Waals surface area (Å²) < 4.78 is 5.38. The first-order chi connectivity index (χ1) is 14.7. The largest absolute Gasteiger partial charge is 0.507 e. The summed E-state index contributed by atoms with van der Waals surface area (Å²) in [7, 11) is 0. The Balaban J connectivity index is 1.53. The molecular formula is C24H26N2O3S. The number of ether oxygens (including phenoxy) is 1. The molecule has 1 amide bonds. The van der Waals surface area contributed by atoms with E-state index in [-0.39, 0.29) is 11.7 Å². The third kappa shape index (κ3) is 3.60. The summed E-state index contributed by atoms with van der Waals surface area (Å²) in [4.78, 5) is 18.8. The Labute approximate surface area is 180 Å². The highest BCUT2D eigenvalue weighted by Gasteiger charge is 2.30. The zero-order chi connectivity index (χ0) is 20.5. The van der Waals surface area contributed by atoms with Crippen LogP contribution in [0.15, 0.2) is 47.8 Å². The van der Waals surface area contributed by atoms with Crippen LogP contribution in [0, 0.1) is 0 Å². The first-order valence-electron chi connectivity index (χ1n) is 10.6. The van der Waals surface area contributed by atoms with E-state index in [2.05, 4.69) is 22.4 Å². The van der Waals surface area contributed by atoms with Crippen molar-refractivity contribution in [1.82, 2.24) is 9.80 Å². The van der Waals surface area contributed by atoms with Gasteiger partial charge in [-0.2, -0.15) is 0 Å². The number of nitrogens with zero attached hydrogens (tertiary/aromatic N) is 2. The number of benzene rings is 2. The molecule has 2 aromatic carbocycles. The molecule has 3 aromatic rings. The lowest BCUT2D eigenvalue weighted by atomic mass is 9.97. The van der Waals surface area contributed by atoms with Crippen LogP contribution in [0.5, 0.6) is 5.75 Å². The molecule has 0 bridgehead atoms. The molecule has 6 heteroatoms. The van der Waals surface area contributed by atoms with E-state index in [1.807, 2.05) is 30.3 Å². The van der Waals surface area contributed by atoms with Gasteiger partial charge in [-0.1, -0.05) is 30.3 Å². The predicted octanol–water partition coefficient (Wildman–Crippen LogP) is 4.42. The average molecular weight is 423 g/mol. The normalized spacial score (nSPS) is 20.1. The van der Waals surface area contributed by atoms with Crippen molar-refractivity contribution < 1.29 is 14.6 Å². The maximum Gasteiger partial charge on any atom is 0.257 e. The molecule has 0 spiro atoms. The number of thiophene rings is 1. The Bertz CT molecular complexity index is 1040. The van der Waals surface area contributed by atoms with Crippen molar-refractivity contribution in [3.8, 4) is 5.75 Å². The van der Waals surface area contributed by atoms with Gasteiger partial charge < -0.3 is 14.7 Å². The number of carbonyl (C=O) groups excluding carboxylic acids is 1. The quantitative estimate of drug-likeness (QED) is 0.676. The smallest absolute Gasteiger partial charge is 0.257 e. The molecule has 1 atom stereocenters. The van der Waals surface area contributed by atoms with Crippen LogP contribution in [0.4, 0.5) is 0 Å². The van der Waals surface area contributed by atoms with Gasteiger partial charge in [-0.15, -0.1) is 11.3 Å². The number of hydrogen-bond acceptors (Lipinski definition) is 5. The topological polar surface area (TPSA) is 53.0 Å². The van der Waals surface area contributed by atoms with Gasteiger partial charge in [-0.05, 0) is 47.7 Å². The maximum absolute atomic E-state index is 13.2. The van der Waals surface area contributed by atoms with E-state index in [9.17, 15) is 9.90 Å². The van der Waals surface area contributed by atoms with Crippen molar-refractivity contribution >= 4 is 28.0 Å². The minimum atomic E-state index is -0.112. The van der Waals surface area contributed by atoms with Crippen molar-refractivity contribution in [3.63, 3.8) is 0 Å². The van der Waals surface area contributed by atoms with Crippen molar-refractivity contribution in [2.24, 2.45) is 0 Å². The van der Waals surface area contributed by atoms with E-state index < -0.39 is 0 Å². The lowest BCUT2D eigenvalue weighted by Gasteiger charge is -2.28. The second kappa shape index (κ2) is 8.38. The first kappa shape index (κ1) is 19.5. The van der Waals surface area contributed by atoms with Gasteiger partial charge in [-0.25, -0.2) is 0 Å². The average Bonchev–Trinajstić information content (AvgIpc) is 3.47. The molecule has 3 heterocycles. The maximum atomic E-state index is 13.2. The third-order valence-electron chi connectivity index (χ3n) is 6.25. The van der Waals surface area contributed by atoms with Crippen LogP contribution in [0.1, 0.15) is 39.7 Å². The fraction of sp³-hybridized carbons (Fsp3) is 0.375. The highest BCUT2D eigenvalue weighted by Crippen LogP contribution is 2.39. The lowest BCUT2D eigenvalue weighted by Crippen LogP contribution is -2.40. The predicted molar refractivity (Wildman–Crippen MR) is 119 cm³/mol. The highest BCUT2D eigenvalue weighted by atomic mass is 32.1. The van der Waals surface area contributed by atoms with Gasteiger partial charge >= 0.3 is 0 Å². The molecule has 2 aliphatic rings. The van der Waals surface area contributed by atoms with Crippen LogP contribution in [0.25, 0.3) is 10.8 Å². The molecule has 2 aliphatic heterocycles. The van der Waals surface area contributed by atoms with Crippen molar-refractivity contribution in [3.05, 3.63) is 63.8 Å². The number of likely N-dealkylation sites (tertiary alicyclic amines) is 1. The molecule has 0 radical (unpaired) electrons. The molecule has 0 saturated carbocycles. The van der Waals surface area contributed by atoms with Crippen LogP contribution in [0.2, 0.25) is 0 Å². The van der Waals surface area contributed by atoms with E-state index >= 15 is 0 Å². The van der Waals surface area contributed by atoms with Gasteiger partial charge in [0.05, 0.1) is 18.8 Å². The number of amides is 1. The van der Waals surface area contributed by atoms with Crippen LogP contribution in [-0.2, 0) is 11.3 Å². The molecule has 2 saturated heterocycles. The van der Waals surface area contributed by atoms with E-state index in [4.69, 9.17) is 4.74 Å². The van der Waals surface area contributed by atoms with Gasteiger partial charge in [-0.3, -0.25) is 9.69 Å². The van der Waals surface area contributed by atoms with E-state index in [1.165, 1.54) is 4.88 Å². The number of carbonyl (C=O) groups is 1. The summed E-state index contributed by atoms with van der Waals surface area (Å²) in [5, 5.41) is 15.4. The molecule has 0 aliphatic carbocycles.